The standard InChI is InChI=1S/C9H6FNS/c10-6-1-2-7-8(5-6)11-4-3-9(7)12/h1-5,7H. The molecule has 0 radical (unpaired) electrons. The Bertz CT molecular complexity index is 350. The molecule has 0 bridgehead atoms. The Balaban J connectivity index is 2.43. The summed E-state index contributed by atoms with van der Waals surface area (Å²) in [5.41, 5.74) is 0.697. The molecule has 0 spiro atoms. The number of aliphatic imine (C=N–C) groups is 1. The molecule has 0 aromatic heterocycles. The molecule has 1 nitrogen and oxygen atoms in total. The molecule has 3 heteroatoms. The van der Waals surface area contributed by atoms with Gasteiger partial charge in [-0.3, -0.25) is 4.99 Å². The number of nitrogens with zero attached hydrogens (tertiary/aromatic N) is 1. The summed E-state index contributed by atoms with van der Waals surface area (Å²) >= 11 is 5.07. The summed E-state index contributed by atoms with van der Waals surface area (Å²) in [6.45, 7) is 0. The SMILES string of the molecule is FC1=CC2=NC=CC(=S)C2C=C1. The van der Waals surface area contributed by atoms with E-state index in [1.54, 1.807) is 18.4 Å². The second kappa shape index (κ2) is 2.75. The van der Waals surface area contributed by atoms with E-state index in [4.69, 9.17) is 12.2 Å². The van der Waals surface area contributed by atoms with Crippen LogP contribution in [0.15, 0.2) is 41.3 Å². The van der Waals surface area contributed by atoms with Crippen LogP contribution in [0.3, 0.4) is 0 Å². The molecule has 1 atom stereocenters. The summed E-state index contributed by atoms with van der Waals surface area (Å²) in [5.74, 6) is -0.257. The molecule has 0 aromatic carbocycles. The van der Waals surface area contributed by atoms with Crippen molar-refractivity contribution < 1.29 is 4.39 Å². The van der Waals surface area contributed by atoms with Gasteiger partial charge >= 0.3 is 0 Å². The maximum atomic E-state index is 12.7. The van der Waals surface area contributed by atoms with Gasteiger partial charge in [-0.05, 0) is 18.2 Å². The molecule has 2 aliphatic rings. The van der Waals surface area contributed by atoms with E-state index in [2.05, 4.69) is 4.99 Å². The van der Waals surface area contributed by atoms with E-state index in [1.165, 1.54) is 12.2 Å². The highest BCUT2D eigenvalue weighted by molar-refractivity contribution is 7.80. The van der Waals surface area contributed by atoms with E-state index in [0.717, 1.165) is 4.86 Å². The molecule has 0 N–H and O–H groups in total. The number of rotatable bonds is 0. The Kier molecular flexibility index (Phi) is 1.73. The van der Waals surface area contributed by atoms with Crippen LogP contribution in [0, 0.1) is 5.92 Å². The van der Waals surface area contributed by atoms with E-state index in [9.17, 15) is 4.39 Å². The first-order valence-electron chi connectivity index (χ1n) is 3.61. The third-order valence-electron chi connectivity index (χ3n) is 1.82. The first kappa shape index (κ1) is 7.55. The van der Waals surface area contributed by atoms with Gasteiger partial charge in [0, 0.05) is 11.1 Å². The molecule has 2 rings (SSSR count). The van der Waals surface area contributed by atoms with Crippen LogP contribution in [0.2, 0.25) is 0 Å². The Hall–Kier alpha value is -1.09. The van der Waals surface area contributed by atoms with Crippen molar-refractivity contribution >= 4 is 22.8 Å². The lowest BCUT2D eigenvalue weighted by Crippen LogP contribution is -2.21. The molecule has 0 saturated carbocycles. The summed E-state index contributed by atoms with van der Waals surface area (Å²) in [7, 11) is 0. The predicted octanol–water partition coefficient (Wildman–Crippen LogP) is 2.36. The third kappa shape index (κ3) is 1.16. The Morgan fingerprint density at radius 3 is 3.08 bits per heavy atom. The van der Waals surface area contributed by atoms with Gasteiger partial charge in [-0.1, -0.05) is 18.3 Å². The Labute approximate surface area is 75.0 Å². The molecular weight excluding hydrogens is 173 g/mol. The minimum Gasteiger partial charge on any atom is -0.260 e. The van der Waals surface area contributed by atoms with Crippen molar-refractivity contribution in [2.45, 2.75) is 0 Å². The van der Waals surface area contributed by atoms with Gasteiger partial charge < -0.3 is 0 Å². The maximum Gasteiger partial charge on any atom is 0.124 e. The molecule has 0 aromatic rings. The van der Waals surface area contributed by atoms with E-state index in [0.29, 0.717) is 5.71 Å². The van der Waals surface area contributed by atoms with Crippen LogP contribution >= 0.6 is 12.2 Å². The van der Waals surface area contributed by atoms with Gasteiger partial charge in [0.1, 0.15) is 5.83 Å². The monoisotopic (exact) mass is 179 g/mol. The third-order valence-corrected chi connectivity index (χ3v) is 2.21. The molecule has 1 unspecified atom stereocenters. The van der Waals surface area contributed by atoms with Gasteiger partial charge in [0.25, 0.3) is 0 Å². The molecule has 1 heterocycles. The zero-order valence-corrected chi connectivity index (χ0v) is 7.01. The van der Waals surface area contributed by atoms with Crippen molar-refractivity contribution in [2.75, 3.05) is 0 Å². The van der Waals surface area contributed by atoms with Crippen molar-refractivity contribution in [3.05, 3.63) is 36.3 Å². The quantitative estimate of drug-likeness (QED) is 0.520. The molecule has 0 fully saturated rings. The fourth-order valence-corrected chi connectivity index (χ4v) is 1.48. The molecule has 60 valence electrons. The molecule has 1 aliphatic carbocycles. The second-order valence-corrected chi connectivity index (χ2v) is 3.11. The lowest BCUT2D eigenvalue weighted by molar-refractivity contribution is 0.664. The highest BCUT2D eigenvalue weighted by Gasteiger charge is 2.20. The second-order valence-electron chi connectivity index (χ2n) is 2.64. The summed E-state index contributed by atoms with van der Waals surface area (Å²) < 4.78 is 12.7. The van der Waals surface area contributed by atoms with Crippen molar-refractivity contribution in [1.82, 2.24) is 0 Å². The van der Waals surface area contributed by atoms with Gasteiger partial charge in [-0.15, -0.1) is 0 Å². The number of fused-ring (bicyclic) bond motifs is 1. The molecule has 0 amide bonds. The zero-order chi connectivity index (χ0) is 8.55. The normalized spacial score (nSPS) is 26.4. The van der Waals surface area contributed by atoms with Crippen LogP contribution in [0.25, 0.3) is 0 Å². The van der Waals surface area contributed by atoms with Crippen molar-refractivity contribution in [3.63, 3.8) is 0 Å². The van der Waals surface area contributed by atoms with Crippen LogP contribution in [-0.4, -0.2) is 10.6 Å². The summed E-state index contributed by atoms with van der Waals surface area (Å²) in [4.78, 5) is 4.82. The lowest BCUT2D eigenvalue weighted by atomic mass is 9.93. The number of halogens is 1. The number of thiocarbonyl (C=S) groups is 1. The molecule has 12 heavy (non-hydrogen) atoms. The van der Waals surface area contributed by atoms with Crippen LogP contribution in [0.4, 0.5) is 4.39 Å². The van der Waals surface area contributed by atoms with Crippen LogP contribution in [0.5, 0.6) is 0 Å². The smallest absolute Gasteiger partial charge is 0.124 e. The van der Waals surface area contributed by atoms with Crippen molar-refractivity contribution in [1.29, 1.82) is 0 Å². The van der Waals surface area contributed by atoms with Crippen LogP contribution in [-0.2, 0) is 0 Å². The number of allylic oxidation sites excluding steroid dienone is 5. The van der Waals surface area contributed by atoms with Gasteiger partial charge in [0.05, 0.1) is 11.6 Å². The summed E-state index contributed by atoms with van der Waals surface area (Å²) in [5, 5.41) is 0. The summed E-state index contributed by atoms with van der Waals surface area (Å²) in [6, 6.07) is 0. The zero-order valence-electron chi connectivity index (χ0n) is 6.20. The average molecular weight is 179 g/mol. The number of hydrogen-bond donors (Lipinski definition) is 0. The average Bonchev–Trinajstić information content (AvgIpc) is 2.04. The van der Waals surface area contributed by atoms with Gasteiger partial charge in [-0.2, -0.15) is 0 Å². The van der Waals surface area contributed by atoms with Crippen molar-refractivity contribution in [2.24, 2.45) is 10.9 Å². The topological polar surface area (TPSA) is 12.4 Å². The highest BCUT2D eigenvalue weighted by atomic mass is 32.1. The van der Waals surface area contributed by atoms with Gasteiger partial charge in [0.2, 0.25) is 0 Å². The van der Waals surface area contributed by atoms with Gasteiger partial charge in [-0.25, -0.2) is 4.39 Å². The molecular formula is C9H6FNS. The predicted molar refractivity (Wildman–Crippen MR) is 51.0 cm³/mol. The number of hydrogen-bond acceptors (Lipinski definition) is 2. The summed E-state index contributed by atoms with van der Waals surface area (Å²) in [6.07, 6.45) is 7.96. The lowest BCUT2D eigenvalue weighted by Gasteiger charge is -2.17. The highest BCUT2D eigenvalue weighted by Crippen LogP contribution is 2.20. The van der Waals surface area contributed by atoms with Gasteiger partial charge in [0.15, 0.2) is 0 Å². The molecule has 0 saturated heterocycles. The minimum atomic E-state index is -0.261. The fourth-order valence-electron chi connectivity index (χ4n) is 1.22. The maximum absolute atomic E-state index is 12.7. The minimum absolute atomic E-state index is 0.00417. The van der Waals surface area contributed by atoms with Crippen LogP contribution in [0.1, 0.15) is 0 Å². The van der Waals surface area contributed by atoms with E-state index >= 15 is 0 Å². The van der Waals surface area contributed by atoms with E-state index in [1.807, 2.05) is 0 Å². The largest absolute Gasteiger partial charge is 0.260 e. The van der Waals surface area contributed by atoms with E-state index in [-0.39, 0.29) is 11.7 Å². The first-order chi connectivity index (χ1) is 5.77. The first-order valence-corrected chi connectivity index (χ1v) is 4.02. The Morgan fingerprint density at radius 2 is 2.25 bits per heavy atom. The Morgan fingerprint density at radius 1 is 1.42 bits per heavy atom. The fraction of sp³-hybridized carbons (Fsp3) is 0.111. The van der Waals surface area contributed by atoms with Crippen molar-refractivity contribution in [3.8, 4) is 0 Å². The molecule has 1 aliphatic heterocycles. The van der Waals surface area contributed by atoms with E-state index < -0.39 is 0 Å². The van der Waals surface area contributed by atoms with Crippen LogP contribution < -0.4 is 0 Å².